The lowest BCUT2D eigenvalue weighted by molar-refractivity contribution is 0.569. The molecule has 1 atom stereocenters. The van der Waals surface area contributed by atoms with E-state index in [-0.39, 0.29) is 11.9 Å². The minimum atomic E-state index is -0.322. The van der Waals surface area contributed by atoms with E-state index in [4.69, 9.17) is 10.2 Å². The number of halogens is 1. The summed E-state index contributed by atoms with van der Waals surface area (Å²) < 4.78 is 19.3. The molecule has 2 aromatic carbocycles. The fourth-order valence-corrected chi connectivity index (χ4v) is 2.97. The van der Waals surface area contributed by atoms with Crippen LogP contribution in [0.4, 0.5) is 4.39 Å². The Morgan fingerprint density at radius 1 is 1.15 bits per heavy atom. The van der Waals surface area contributed by atoms with Crippen LogP contribution in [0, 0.1) is 5.82 Å². The van der Waals surface area contributed by atoms with Crippen molar-refractivity contribution in [3.8, 4) is 11.3 Å². The Kier molecular flexibility index (Phi) is 2.44. The molecule has 0 saturated carbocycles. The van der Waals surface area contributed by atoms with Gasteiger partial charge in [0.25, 0.3) is 0 Å². The first-order valence-corrected chi connectivity index (χ1v) is 6.79. The van der Waals surface area contributed by atoms with Gasteiger partial charge < -0.3 is 10.2 Å². The number of fused-ring (bicyclic) bond motifs is 2. The van der Waals surface area contributed by atoms with Crippen LogP contribution >= 0.6 is 0 Å². The number of nitrogens with two attached hydrogens (primary N) is 1. The Balaban J connectivity index is 1.85. The van der Waals surface area contributed by atoms with Crippen LogP contribution in [-0.4, -0.2) is 0 Å². The Bertz CT molecular complexity index is 806. The van der Waals surface area contributed by atoms with Gasteiger partial charge in [0.15, 0.2) is 11.4 Å². The third-order valence-electron chi connectivity index (χ3n) is 4.05. The van der Waals surface area contributed by atoms with Crippen molar-refractivity contribution < 1.29 is 8.81 Å². The number of furan rings is 1. The summed E-state index contributed by atoms with van der Waals surface area (Å²) in [6.07, 6.45) is 1.99. The molecule has 3 heteroatoms. The highest BCUT2D eigenvalue weighted by molar-refractivity contribution is 5.83. The number of hydrogen-bond donors (Lipinski definition) is 1. The van der Waals surface area contributed by atoms with Crippen molar-refractivity contribution >= 4 is 11.0 Å². The number of para-hydroxylation sites is 1. The highest BCUT2D eigenvalue weighted by atomic mass is 19.1. The fourth-order valence-electron chi connectivity index (χ4n) is 2.97. The molecule has 1 aliphatic carbocycles. The molecule has 20 heavy (non-hydrogen) atoms. The van der Waals surface area contributed by atoms with Crippen LogP contribution in [0.5, 0.6) is 0 Å². The molecule has 0 amide bonds. The Labute approximate surface area is 116 Å². The number of rotatable bonds is 1. The van der Waals surface area contributed by atoms with Gasteiger partial charge in [-0.05, 0) is 42.2 Å². The first kappa shape index (κ1) is 11.7. The zero-order chi connectivity index (χ0) is 13.7. The van der Waals surface area contributed by atoms with Crippen LogP contribution < -0.4 is 5.73 Å². The van der Waals surface area contributed by atoms with Gasteiger partial charge in [0.2, 0.25) is 0 Å². The van der Waals surface area contributed by atoms with Gasteiger partial charge in [-0.3, -0.25) is 0 Å². The maximum atomic E-state index is 13.7. The van der Waals surface area contributed by atoms with Gasteiger partial charge in [-0.15, -0.1) is 0 Å². The van der Waals surface area contributed by atoms with Gasteiger partial charge in [-0.25, -0.2) is 4.39 Å². The lowest BCUT2D eigenvalue weighted by atomic mass is 10.0. The first-order valence-electron chi connectivity index (χ1n) is 6.79. The molecule has 1 aliphatic rings. The molecule has 3 aromatic rings. The third kappa shape index (κ3) is 1.67. The Morgan fingerprint density at radius 3 is 2.90 bits per heavy atom. The Morgan fingerprint density at radius 2 is 2.05 bits per heavy atom. The molecule has 1 heterocycles. The normalized spacial score (nSPS) is 17.6. The van der Waals surface area contributed by atoms with E-state index in [1.807, 2.05) is 18.2 Å². The molecule has 0 radical (unpaired) electrons. The Hall–Kier alpha value is -2.13. The van der Waals surface area contributed by atoms with Gasteiger partial charge in [0.05, 0.1) is 0 Å². The van der Waals surface area contributed by atoms with Crippen LogP contribution in [0.25, 0.3) is 22.3 Å². The maximum Gasteiger partial charge on any atom is 0.170 e. The van der Waals surface area contributed by atoms with Crippen molar-refractivity contribution in [3.05, 3.63) is 59.4 Å². The van der Waals surface area contributed by atoms with E-state index < -0.39 is 0 Å². The van der Waals surface area contributed by atoms with Crippen LogP contribution in [0.2, 0.25) is 0 Å². The predicted octanol–water partition coefficient (Wildman–Crippen LogP) is 4.18. The SMILES string of the molecule is NC1CCc2cc(-c3cc4cccc(F)c4o3)ccc21. The molecular weight excluding hydrogens is 253 g/mol. The van der Waals surface area contributed by atoms with Gasteiger partial charge >= 0.3 is 0 Å². The predicted molar refractivity (Wildman–Crippen MR) is 76.9 cm³/mol. The molecule has 0 fully saturated rings. The topological polar surface area (TPSA) is 39.2 Å². The summed E-state index contributed by atoms with van der Waals surface area (Å²) in [5.74, 6) is 0.380. The zero-order valence-electron chi connectivity index (χ0n) is 10.9. The van der Waals surface area contributed by atoms with Gasteiger partial charge in [0, 0.05) is 17.0 Å². The second kappa shape index (κ2) is 4.18. The molecule has 0 aliphatic heterocycles. The summed E-state index contributed by atoms with van der Waals surface area (Å²) in [7, 11) is 0. The van der Waals surface area contributed by atoms with Gasteiger partial charge in [-0.1, -0.05) is 24.3 Å². The monoisotopic (exact) mass is 267 g/mol. The molecule has 1 unspecified atom stereocenters. The van der Waals surface area contributed by atoms with Crippen molar-refractivity contribution in [1.29, 1.82) is 0 Å². The molecule has 0 bridgehead atoms. The quantitative estimate of drug-likeness (QED) is 0.718. The van der Waals surface area contributed by atoms with Gasteiger partial charge in [0.1, 0.15) is 5.76 Å². The van der Waals surface area contributed by atoms with Crippen molar-refractivity contribution in [2.75, 3.05) is 0 Å². The largest absolute Gasteiger partial charge is 0.453 e. The smallest absolute Gasteiger partial charge is 0.170 e. The van der Waals surface area contributed by atoms with E-state index in [9.17, 15) is 4.39 Å². The fraction of sp³-hybridized carbons (Fsp3) is 0.176. The summed E-state index contributed by atoms with van der Waals surface area (Å²) in [6, 6.07) is 13.2. The van der Waals surface area contributed by atoms with E-state index in [0.717, 1.165) is 23.8 Å². The summed E-state index contributed by atoms with van der Waals surface area (Å²) in [5.41, 5.74) is 9.84. The van der Waals surface area contributed by atoms with Crippen molar-refractivity contribution in [1.82, 2.24) is 0 Å². The van der Waals surface area contributed by atoms with E-state index in [0.29, 0.717) is 11.3 Å². The average Bonchev–Trinajstić information content (AvgIpc) is 3.04. The highest BCUT2D eigenvalue weighted by Crippen LogP contribution is 2.35. The van der Waals surface area contributed by atoms with E-state index in [2.05, 4.69) is 12.1 Å². The minimum Gasteiger partial charge on any atom is -0.453 e. The minimum absolute atomic E-state index is 0.146. The van der Waals surface area contributed by atoms with Crippen LogP contribution in [-0.2, 0) is 6.42 Å². The second-order valence-electron chi connectivity index (χ2n) is 5.33. The lowest BCUT2D eigenvalue weighted by Crippen LogP contribution is -2.04. The maximum absolute atomic E-state index is 13.7. The van der Waals surface area contributed by atoms with E-state index >= 15 is 0 Å². The van der Waals surface area contributed by atoms with E-state index in [1.165, 1.54) is 17.2 Å². The molecule has 1 aromatic heterocycles. The molecule has 4 rings (SSSR count). The average molecular weight is 267 g/mol. The second-order valence-corrected chi connectivity index (χ2v) is 5.33. The van der Waals surface area contributed by atoms with Gasteiger partial charge in [-0.2, -0.15) is 0 Å². The standard InChI is InChI=1S/C17H14FNO/c18-14-3-1-2-12-9-16(20-17(12)14)11-4-6-13-10(8-11)5-7-15(13)19/h1-4,6,8-9,15H,5,7,19H2. The number of aryl methyl sites for hydroxylation is 1. The first-order chi connectivity index (χ1) is 9.72. The van der Waals surface area contributed by atoms with Crippen LogP contribution in [0.3, 0.4) is 0 Å². The highest BCUT2D eigenvalue weighted by Gasteiger charge is 2.20. The van der Waals surface area contributed by atoms with Crippen molar-refractivity contribution in [2.24, 2.45) is 5.73 Å². The summed E-state index contributed by atoms with van der Waals surface area (Å²) in [6.45, 7) is 0. The van der Waals surface area contributed by atoms with Crippen molar-refractivity contribution in [2.45, 2.75) is 18.9 Å². The van der Waals surface area contributed by atoms with Crippen molar-refractivity contribution in [3.63, 3.8) is 0 Å². The molecule has 2 N–H and O–H groups in total. The van der Waals surface area contributed by atoms with Crippen LogP contribution in [0.15, 0.2) is 46.9 Å². The molecule has 0 spiro atoms. The lowest BCUT2D eigenvalue weighted by Gasteiger charge is -2.05. The number of hydrogen-bond acceptors (Lipinski definition) is 2. The summed E-state index contributed by atoms with van der Waals surface area (Å²) >= 11 is 0. The van der Waals surface area contributed by atoms with Crippen LogP contribution in [0.1, 0.15) is 23.6 Å². The molecular formula is C17H14FNO. The molecule has 100 valence electrons. The van der Waals surface area contributed by atoms with E-state index in [1.54, 1.807) is 6.07 Å². The molecule has 2 nitrogen and oxygen atoms in total. The zero-order valence-corrected chi connectivity index (χ0v) is 10.9. The third-order valence-corrected chi connectivity index (χ3v) is 4.05. The number of benzene rings is 2. The summed E-state index contributed by atoms with van der Waals surface area (Å²) in [5, 5.41) is 0.789. The molecule has 0 saturated heterocycles. The summed E-state index contributed by atoms with van der Waals surface area (Å²) in [4.78, 5) is 0.